The third-order valence-corrected chi connectivity index (χ3v) is 8.49. The first-order valence-electron chi connectivity index (χ1n) is 7.58. The SMILES string of the molecule is CC[C@H](C)N([C@@H]1CCS(=O)(=O)C1)S(=O)(=O)c1cc(Cl)ccc1C. The topological polar surface area (TPSA) is 71.5 Å². The number of sulfone groups is 1. The number of rotatable bonds is 5. The normalized spacial score (nSPS) is 22.4. The molecule has 0 bridgehead atoms. The summed E-state index contributed by atoms with van der Waals surface area (Å²) in [5, 5.41) is 0.345. The second-order valence-corrected chi connectivity index (χ2v) is 10.5. The van der Waals surface area contributed by atoms with Crippen molar-refractivity contribution in [3.8, 4) is 0 Å². The van der Waals surface area contributed by atoms with Crippen LogP contribution >= 0.6 is 11.6 Å². The van der Waals surface area contributed by atoms with Gasteiger partial charge in [0.1, 0.15) is 0 Å². The number of hydrogen-bond acceptors (Lipinski definition) is 4. The fourth-order valence-electron chi connectivity index (χ4n) is 2.91. The summed E-state index contributed by atoms with van der Waals surface area (Å²) in [5.74, 6) is -0.0785. The summed E-state index contributed by atoms with van der Waals surface area (Å²) >= 11 is 5.97. The predicted octanol–water partition coefficient (Wildman–Crippen LogP) is 2.62. The first-order valence-corrected chi connectivity index (χ1v) is 11.2. The van der Waals surface area contributed by atoms with E-state index in [4.69, 9.17) is 11.6 Å². The van der Waals surface area contributed by atoms with Gasteiger partial charge in [0.25, 0.3) is 0 Å². The third kappa shape index (κ3) is 3.90. The van der Waals surface area contributed by atoms with Crippen molar-refractivity contribution in [1.29, 1.82) is 0 Å². The maximum absolute atomic E-state index is 13.2. The van der Waals surface area contributed by atoms with Crippen LogP contribution in [0.25, 0.3) is 0 Å². The fraction of sp³-hybridized carbons (Fsp3) is 0.600. The molecule has 0 aromatic heterocycles. The molecule has 1 aliphatic rings. The number of nitrogens with zero attached hydrogens (tertiary/aromatic N) is 1. The van der Waals surface area contributed by atoms with Gasteiger partial charge < -0.3 is 0 Å². The smallest absolute Gasteiger partial charge is 0.229 e. The van der Waals surface area contributed by atoms with E-state index in [2.05, 4.69) is 0 Å². The quantitative estimate of drug-likeness (QED) is 0.788. The highest BCUT2D eigenvalue weighted by molar-refractivity contribution is 7.92. The molecule has 5 nitrogen and oxygen atoms in total. The Hall–Kier alpha value is -0.630. The van der Waals surface area contributed by atoms with Gasteiger partial charge in [-0.05, 0) is 44.4 Å². The highest BCUT2D eigenvalue weighted by Gasteiger charge is 2.41. The molecule has 0 aliphatic carbocycles. The summed E-state index contributed by atoms with van der Waals surface area (Å²) in [7, 11) is -6.99. The highest BCUT2D eigenvalue weighted by Crippen LogP contribution is 2.30. The van der Waals surface area contributed by atoms with Gasteiger partial charge in [0.2, 0.25) is 10.0 Å². The van der Waals surface area contributed by atoms with E-state index in [1.165, 1.54) is 10.4 Å². The van der Waals surface area contributed by atoms with Crippen molar-refractivity contribution in [2.24, 2.45) is 0 Å². The van der Waals surface area contributed by atoms with Gasteiger partial charge in [0.15, 0.2) is 9.84 Å². The number of hydrogen-bond donors (Lipinski definition) is 0. The lowest BCUT2D eigenvalue weighted by Gasteiger charge is -2.32. The molecule has 1 fully saturated rings. The van der Waals surface area contributed by atoms with Gasteiger partial charge in [-0.25, -0.2) is 16.8 Å². The van der Waals surface area contributed by atoms with Crippen molar-refractivity contribution in [1.82, 2.24) is 4.31 Å². The van der Waals surface area contributed by atoms with Gasteiger partial charge in [-0.1, -0.05) is 24.6 Å². The van der Waals surface area contributed by atoms with Crippen molar-refractivity contribution in [2.75, 3.05) is 11.5 Å². The van der Waals surface area contributed by atoms with Gasteiger partial charge in [-0.15, -0.1) is 0 Å². The Morgan fingerprint density at radius 2 is 2.04 bits per heavy atom. The first kappa shape index (κ1) is 18.7. The fourth-order valence-corrected chi connectivity index (χ4v) is 7.13. The van der Waals surface area contributed by atoms with E-state index in [1.807, 2.05) is 13.8 Å². The van der Waals surface area contributed by atoms with Crippen molar-refractivity contribution in [3.05, 3.63) is 28.8 Å². The largest absolute Gasteiger partial charge is 0.243 e. The molecule has 130 valence electrons. The van der Waals surface area contributed by atoms with Gasteiger partial charge in [0, 0.05) is 17.1 Å². The molecule has 0 amide bonds. The maximum Gasteiger partial charge on any atom is 0.243 e. The molecule has 0 saturated carbocycles. The summed E-state index contributed by atoms with van der Waals surface area (Å²) in [6, 6.07) is 3.94. The minimum Gasteiger partial charge on any atom is -0.229 e. The molecule has 23 heavy (non-hydrogen) atoms. The monoisotopic (exact) mass is 379 g/mol. The van der Waals surface area contributed by atoms with Gasteiger partial charge in [0.05, 0.1) is 16.4 Å². The van der Waals surface area contributed by atoms with Crippen LogP contribution in [0.5, 0.6) is 0 Å². The van der Waals surface area contributed by atoms with Gasteiger partial charge in [-0.2, -0.15) is 4.31 Å². The number of aryl methyl sites for hydroxylation is 1. The molecule has 0 unspecified atom stereocenters. The molecular formula is C15H22ClNO4S2. The van der Waals surface area contributed by atoms with Crippen LogP contribution in [0.2, 0.25) is 5.02 Å². The van der Waals surface area contributed by atoms with Gasteiger partial charge >= 0.3 is 0 Å². The summed E-state index contributed by atoms with van der Waals surface area (Å²) in [6.07, 6.45) is 0.945. The van der Waals surface area contributed by atoms with Crippen LogP contribution in [0.15, 0.2) is 23.1 Å². The number of benzene rings is 1. The number of sulfonamides is 1. The minimum atomic E-state index is -3.81. The van der Waals surface area contributed by atoms with E-state index < -0.39 is 25.9 Å². The Kier molecular flexibility index (Phi) is 5.45. The highest BCUT2D eigenvalue weighted by atomic mass is 35.5. The van der Waals surface area contributed by atoms with Crippen molar-refractivity contribution in [3.63, 3.8) is 0 Å². The molecule has 1 aromatic rings. The van der Waals surface area contributed by atoms with Crippen LogP contribution in [0.1, 0.15) is 32.3 Å². The van der Waals surface area contributed by atoms with Crippen LogP contribution in [0.4, 0.5) is 0 Å². The zero-order chi connectivity index (χ0) is 17.4. The van der Waals surface area contributed by atoms with E-state index in [9.17, 15) is 16.8 Å². The second kappa shape index (κ2) is 6.70. The Morgan fingerprint density at radius 3 is 2.57 bits per heavy atom. The zero-order valence-corrected chi connectivity index (χ0v) is 15.9. The zero-order valence-electron chi connectivity index (χ0n) is 13.5. The minimum absolute atomic E-state index is 0.0364. The van der Waals surface area contributed by atoms with Crippen LogP contribution in [-0.4, -0.2) is 44.7 Å². The molecular weight excluding hydrogens is 358 g/mol. The standard InChI is InChI=1S/C15H22ClNO4S2/c1-4-12(3)17(14-7-8-22(18,19)10-14)23(20,21)15-9-13(16)6-5-11(15)2/h5-6,9,12,14H,4,7-8,10H2,1-3H3/t12-,14+/m0/s1. The van der Waals surface area contributed by atoms with Crippen LogP contribution in [0, 0.1) is 6.92 Å². The van der Waals surface area contributed by atoms with E-state index in [0.717, 1.165) is 0 Å². The van der Waals surface area contributed by atoms with E-state index >= 15 is 0 Å². The van der Waals surface area contributed by atoms with Crippen molar-refractivity contribution < 1.29 is 16.8 Å². The molecule has 0 spiro atoms. The maximum atomic E-state index is 13.2. The van der Waals surface area contributed by atoms with E-state index in [0.29, 0.717) is 23.4 Å². The Morgan fingerprint density at radius 1 is 1.39 bits per heavy atom. The molecule has 0 N–H and O–H groups in total. The molecule has 1 saturated heterocycles. The molecule has 8 heteroatoms. The Bertz CT molecular complexity index is 790. The number of halogens is 1. The van der Waals surface area contributed by atoms with Gasteiger partial charge in [-0.3, -0.25) is 0 Å². The predicted molar refractivity (Wildman–Crippen MR) is 92.0 cm³/mol. The Balaban J connectivity index is 2.52. The van der Waals surface area contributed by atoms with Crippen LogP contribution in [-0.2, 0) is 19.9 Å². The molecule has 0 radical (unpaired) electrons. The average Bonchev–Trinajstić information content (AvgIpc) is 2.80. The molecule has 2 atom stereocenters. The van der Waals surface area contributed by atoms with Crippen molar-refractivity contribution in [2.45, 2.75) is 50.6 Å². The van der Waals surface area contributed by atoms with E-state index in [-0.39, 0.29) is 22.4 Å². The average molecular weight is 380 g/mol. The lowest BCUT2D eigenvalue weighted by Crippen LogP contribution is -2.46. The molecule has 2 rings (SSSR count). The first-order chi connectivity index (χ1) is 10.6. The molecule has 1 heterocycles. The molecule has 1 aliphatic heterocycles. The summed E-state index contributed by atoms with van der Waals surface area (Å²) in [6.45, 7) is 5.41. The van der Waals surface area contributed by atoms with Crippen molar-refractivity contribution >= 4 is 31.5 Å². The molecule has 1 aromatic carbocycles. The summed E-state index contributed by atoms with van der Waals surface area (Å²) in [5.41, 5.74) is 0.601. The second-order valence-electron chi connectivity index (χ2n) is 6.06. The van der Waals surface area contributed by atoms with Crippen LogP contribution < -0.4 is 0 Å². The summed E-state index contributed by atoms with van der Waals surface area (Å²) in [4.78, 5) is 0.148. The Labute approximate surface area is 143 Å². The lowest BCUT2D eigenvalue weighted by atomic mass is 10.2. The third-order valence-electron chi connectivity index (χ3n) is 4.30. The summed E-state index contributed by atoms with van der Waals surface area (Å²) < 4.78 is 51.3. The van der Waals surface area contributed by atoms with Crippen LogP contribution in [0.3, 0.4) is 0 Å². The van der Waals surface area contributed by atoms with E-state index in [1.54, 1.807) is 19.1 Å². The lowest BCUT2D eigenvalue weighted by molar-refractivity contribution is 0.271.